The minimum absolute atomic E-state index is 0.0763. The normalized spacial score (nSPS) is 17.4. The van der Waals surface area contributed by atoms with Gasteiger partial charge in [0.25, 0.3) is 0 Å². The van der Waals surface area contributed by atoms with E-state index < -0.39 is 10.0 Å². The van der Waals surface area contributed by atoms with E-state index in [1.165, 1.54) is 4.31 Å². The Morgan fingerprint density at radius 2 is 2.05 bits per heavy atom. The molecule has 0 radical (unpaired) electrons. The molecule has 1 unspecified atom stereocenters. The molecule has 112 valence electrons. The fourth-order valence-electron chi connectivity index (χ4n) is 2.57. The number of nitrogens with zero attached hydrogens (tertiary/aromatic N) is 1. The molecule has 0 saturated heterocycles. The summed E-state index contributed by atoms with van der Waals surface area (Å²) in [5, 5.41) is 3.08. The van der Waals surface area contributed by atoms with E-state index in [-0.39, 0.29) is 6.04 Å². The van der Waals surface area contributed by atoms with Crippen molar-refractivity contribution >= 4 is 10.0 Å². The monoisotopic (exact) mass is 296 g/mol. The summed E-state index contributed by atoms with van der Waals surface area (Å²) in [6, 6.07) is 5.57. The molecule has 5 heteroatoms. The van der Waals surface area contributed by atoms with Gasteiger partial charge in [-0.05, 0) is 56.8 Å². The highest BCUT2D eigenvalue weighted by molar-refractivity contribution is 7.89. The van der Waals surface area contributed by atoms with Gasteiger partial charge in [0.15, 0.2) is 0 Å². The number of benzene rings is 1. The third-order valence-corrected chi connectivity index (χ3v) is 6.39. The average Bonchev–Trinajstić information content (AvgIpc) is 3.24. The second kappa shape index (κ2) is 5.84. The Morgan fingerprint density at radius 3 is 2.60 bits per heavy atom. The van der Waals surface area contributed by atoms with E-state index in [4.69, 9.17) is 0 Å². The zero-order valence-electron chi connectivity index (χ0n) is 12.7. The van der Waals surface area contributed by atoms with Gasteiger partial charge in [0, 0.05) is 19.6 Å². The van der Waals surface area contributed by atoms with Crippen LogP contribution in [0, 0.1) is 12.8 Å². The van der Waals surface area contributed by atoms with Crippen LogP contribution in [0.5, 0.6) is 0 Å². The molecule has 0 spiro atoms. The van der Waals surface area contributed by atoms with E-state index >= 15 is 0 Å². The minimum atomic E-state index is -3.41. The molecular formula is C15H24N2O2S. The van der Waals surface area contributed by atoms with E-state index in [0.717, 1.165) is 24.0 Å². The van der Waals surface area contributed by atoms with E-state index in [1.807, 2.05) is 33.0 Å². The summed E-state index contributed by atoms with van der Waals surface area (Å²) in [6.07, 6.45) is 2.28. The first-order chi connectivity index (χ1) is 9.39. The third-order valence-electron chi connectivity index (χ3n) is 4.30. The number of hydrogen-bond donors (Lipinski definition) is 1. The van der Waals surface area contributed by atoms with E-state index in [0.29, 0.717) is 17.4 Å². The van der Waals surface area contributed by atoms with Crippen molar-refractivity contribution in [1.82, 2.24) is 9.62 Å². The molecular weight excluding hydrogens is 272 g/mol. The minimum Gasteiger partial charge on any atom is -0.316 e. The standard InChI is InChI=1S/C15H24N2O2S/c1-11-14(10-16-3)6-5-7-15(11)20(18,19)17(4)12(2)13-8-9-13/h5-7,12-13,16H,8-10H2,1-4H3. The number of rotatable bonds is 6. The summed E-state index contributed by atoms with van der Waals surface area (Å²) in [6.45, 7) is 4.56. The molecule has 0 heterocycles. The predicted molar refractivity (Wildman–Crippen MR) is 81.1 cm³/mol. The Hall–Kier alpha value is -0.910. The maximum absolute atomic E-state index is 12.8. The van der Waals surface area contributed by atoms with Gasteiger partial charge in [0.05, 0.1) is 4.90 Å². The van der Waals surface area contributed by atoms with Gasteiger partial charge < -0.3 is 5.32 Å². The van der Waals surface area contributed by atoms with Crippen LogP contribution in [-0.2, 0) is 16.6 Å². The highest BCUT2D eigenvalue weighted by Gasteiger charge is 2.36. The third kappa shape index (κ3) is 2.90. The highest BCUT2D eigenvalue weighted by atomic mass is 32.2. The largest absolute Gasteiger partial charge is 0.316 e. The van der Waals surface area contributed by atoms with Crippen LogP contribution >= 0.6 is 0 Å². The molecule has 0 amide bonds. The van der Waals surface area contributed by atoms with Crippen LogP contribution in [0.4, 0.5) is 0 Å². The van der Waals surface area contributed by atoms with Gasteiger partial charge in [-0.2, -0.15) is 4.31 Å². The van der Waals surface area contributed by atoms with Gasteiger partial charge in [-0.3, -0.25) is 0 Å². The van der Waals surface area contributed by atoms with Crippen molar-refractivity contribution in [1.29, 1.82) is 0 Å². The van der Waals surface area contributed by atoms with Crippen molar-refractivity contribution in [3.8, 4) is 0 Å². The Balaban J connectivity index is 2.35. The van der Waals surface area contributed by atoms with Crippen molar-refractivity contribution in [2.45, 2.75) is 44.2 Å². The van der Waals surface area contributed by atoms with Crippen molar-refractivity contribution in [3.05, 3.63) is 29.3 Å². The quantitative estimate of drug-likeness (QED) is 0.875. The maximum atomic E-state index is 12.8. The molecule has 1 fully saturated rings. The summed E-state index contributed by atoms with van der Waals surface area (Å²) in [4.78, 5) is 0.431. The molecule has 1 atom stereocenters. The van der Waals surface area contributed by atoms with Crippen molar-refractivity contribution in [2.24, 2.45) is 5.92 Å². The molecule has 1 aliphatic carbocycles. The Bertz CT molecular complexity index is 580. The second-order valence-electron chi connectivity index (χ2n) is 5.67. The van der Waals surface area contributed by atoms with E-state index in [1.54, 1.807) is 13.1 Å². The van der Waals surface area contributed by atoms with Gasteiger partial charge in [-0.1, -0.05) is 12.1 Å². The van der Waals surface area contributed by atoms with Crippen molar-refractivity contribution in [2.75, 3.05) is 14.1 Å². The molecule has 0 aromatic heterocycles. The Labute approximate surface area is 122 Å². The van der Waals surface area contributed by atoms with Gasteiger partial charge >= 0.3 is 0 Å². The predicted octanol–water partition coefficient (Wildman–Crippen LogP) is 2.13. The SMILES string of the molecule is CNCc1cccc(S(=O)(=O)N(C)C(C)C2CC2)c1C. The van der Waals surface area contributed by atoms with Crippen LogP contribution in [0.3, 0.4) is 0 Å². The molecule has 1 aliphatic rings. The number of hydrogen-bond acceptors (Lipinski definition) is 3. The zero-order chi connectivity index (χ0) is 14.9. The highest BCUT2D eigenvalue weighted by Crippen LogP contribution is 2.36. The van der Waals surface area contributed by atoms with Crippen molar-refractivity contribution < 1.29 is 8.42 Å². The van der Waals surface area contributed by atoms with E-state index in [2.05, 4.69) is 5.32 Å². The molecule has 1 aromatic carbocycles. The van der Waals surface area contributed by atoms with Gasteiger partial charge in [-0.25, -0.2) is 8.42 Å². The fraction of sp³-hybridized carbons (Fsp3) is 0.600. The zero-order valence-corrected chi connectivity index (χ0v) is 13.5. The van der Waals surface area contributed by atoms with Crippen LogP contribution in [0.25, 0.3) is 0 Å². The molecule has 1 saturated carbocycles. The summed E-state index contributed by atoms with van der Waals surface area (Å²) >= 11 is 0. The van der Waals surface area contributed by atoms with Crippen LogP contribution in [0.15, 0.2) is 23.1 Å². The second-order valence-corrected chi connectivity index (χ2v) is 7.64. The van der Waals surface area contributed by atoms with Gasteiger partial charge in [-0.15, -0.1) is 0 Å². The first kappa shape index (κ1) is 15.5. The molecule has 1 aromatic rings. The molecule has 2 rings (SSSR count). The van der Waals surface area contributed by atoms with Crippen molar-refractivity contribution in [3.63, 3.8) is 0 Å². The smallest absolute Gasteiger partial charge is 0.243 e. The summed E-state index contributed by atoms with van der Waals surface area (Å²) in [5.74, 6) is 0.524. The Morgan fingerprint density at radius 1 is 1.40 bits per heavy atom. The molecule has 0 aliphatic heterocycles. The summed E-state index contributed by atoms with van der Waals surface area (Å²) in [5.41, 5.74) is 1.87. The first-order valence-electron chi connectivity index (χ1n) is 7.10. The summed E-state index contributed by atoms with van der Waals surface area (Å²) in [7, 11) is 0.151. The maximum Gasteiger partial charge on any atom is 0.243 e. The average molecular weight is 296 g/mol. The molecule has 1 N–H and O–H groups in total. The summed E-state index contributed by atoms with van der Waals surface area (Å²) < 4.78 is 27.1. The lowest BCUT2D eigenvalue weighted by Crippen LogP contribution is -2.36. The fourth-order valence-corrected chi connectivity index (χ4v) is 4.26. The van der Waals surface area contributed by atoms with Crippen LogP contribution in [-0.4, -0.2) is 32.9 Å². The number of sulfonamides is 1. The first-order valence-corrected chi connectivity index (χ1v) is 8.54. The van der Waals surface area contributed by atoms with E-state index in [9.17, 15) is 8.42 Å². The van der Waals surface area contributed by atoms with Crippen LogP contribution in [0.1, 0.15) is 30.9 Å². The molecule has 0 bridgehead atoms. The number of nitrogens with one attached hydrogen (secondary N) is 1. The van der Waals surface area contributed by atoms with Gasteiger partial charge in [0.2, 0.25) is 10.0 Å². The van der Waals surface area contributed by atoms with Gasteiger partial charge in [0.1, 0.15) is 0 Å². The lowest BCUT2D eigenvalue weighted by Gasteiger charge is -2.25. The van der Waals surface area contributed by atoms with Crippen LogP contribution in [0.2, 0.25) is 0 Å². The Kier molecular flexibility index (Phi) is 4.52. The molecule has 4 nitrogen and oxygen atoms in total. The van der Waals surface area contributed by atoms with Crippen LogP contribution < -0.4 is 5.32 Å². The lowest BCUT2D eigenvalue weighted by molar-refractivity contribution is 0.357. The topological polar surface area (TPSA) is 49.4 Å². The molecule has 20 heavy (non-hydrogen) atoms. The lowest BCUT2D eigenvalue weighted by atomic mass is 10.1.